The lowest BCUT2D eigenvalue weighted by atomic mass is 9.76. The van der Waals surface area contributed by atoms with Gasteiger partial charge in [0.05, 0.1) is 48.5 Å². The number of nitro groups is 1. The average Bonchev–Trinajstić information content (AvgIpc) is 3.21. The molecule has 1 heterocycles. The maximum atomic E-state index is 11.4. The van der Waals surface area contributed by atoms with Crippen molar-refractivity contribution in [3.8, 4) is 17.2 Å². The molecule has 2 aliphatic rings. The van der Waals surface area contributed by atoms with E-state index in [1.807, 2.05) is 12.1 Å². The molecule has 0 aromatic heterocycles. The third kappa shape index (κ3) is 3.21. The fraction of sp³-hybridized carbons (Fsp3) is 0.333. The smallest absolute Gasteiger partial charge is 0.273 e. The molecule has 0 spiro atoms. The van der Waals surface area contributed by atoms with Crippen molar-refractivity contribution in [1.82, 2.24) is 0 Å². The predicted octanol–water partition coefficient (Wildman–Crippen LogP) is 5.21. The lowest BCUT2D eigenvalue weighted by Gasteiger charge is -2.38. The molecule has 0 radical (unpaired) electrons. The van der Waals surface area contributed by atoms with Gasteiger partial charge in [-0.3, -0.25) is 10.1 Å². The molecule has 29 heavy (non-hydrogen) atoms. The van der Waals surface area contributed by atoms with Crippen LogP contribution in [0.3, 0.4) is 0 Å². The average molecular weight is 461 g/mol. The van der Waals surface area contributed by atoms with E-state index in [0.29, 0.717) is 17.2 Å². The van der Waals surface area contributed by atoms with Gasteiger partial charge in [-0.05, 0) is 51.5 Å². The van der Waals surface area contributed by atoms with Crippen LogP contribution >= 0.6 is 15.9 Å². The summed E-state index contributed by atoms with van der Waals surface area (Å²) in [6.45, 7) is 0. The Hall–Kier alpha value is -2.74. The quantitative estimate of drug-likeness (QED) is 0.374. The Morgan fingerprint density at radius 2 is 1.86 bits per heavy atom. The van der Waals surface area contributed by atoms with Gasteiger partial charge in [0, 0.05) is 12.0 Å². The number of benzene rings is 2. The summed E-state index contributed by atoms with van der Waals surface area (Å²) in [4.78, 5) is 11.0. The highest BCUT2D eigenvalue weighted by atomic mass is 79.9. The van der Waals surface area contributed by atoms with Crippen molar-refractivity contribution in [2.24, 2.45) is 5.92 Å². The third-order valence-electron chi connectivity index (χ3n) is 5.66. The van der Waals surface area contributed by atoms with Gasteiger partial charge < -0.3 is 19.5 Å². The molecule has 3 atom stereocenters. The van der Waals surface area contributed by atoms with Crippen LogP contribution in [-0.2, 0) is 0 Å². The van der Waals surface area contributed by atoms with Crippen molar-refractivity contribution in [3.63, 3.8) is 0 Å². The standard InChI is InChI=1S/C21H21BrN2O5/c1-27-17-10-12(24(25)26)9-15-13-5-4-6-14(13)19(23-20(15)17)11-7-16(22)21(29-3)18(8-11)28-2/h4-5,7-10,13-14,19,23H,6H2,1-3H3/t13-,14+,19-/m1/s1. The third-order valence-corrected chi connectivity index (χ3v) is 6.25. The molecule has 1 aliphatic heterocycles. The maximum Gasteiger partial charge on any atom is 0.273 e. The Kier molecular flexibility index (Phi) is 5.12. The second-order valence-corrected chi connectivity index (χ2v) is 7.94. The van der Waals surface area contributed by atoms with E-state index in [-0.39, 0.29) is 28.5 Å². The largest absolute Gasteiger partial charge is 0.494 e. The first-order valence-corrected chi connectivity index (χ1v) is 9.98. The normalized spacial score (nSPS) is 21.7. The number of ether oxygens (including phenoxy) is 3. The van der Waals surface area contributed by atoms with E-state index in [0.717, 1.165) is 27.7 Å². The molecule has 0 saturated heterocycles. The van der Waals surface area contributed by atoms with Crippen LogP contribution in [0.2, 0.25) is 0 Å². The minimum atomic E-state index is -0.381. The Labute approximate surface area is 176 Å². The van der Waals surface area contributed by atoms with Gasteiger partial charge in [-0.25, -0.2) is 0 Å². The van der Waals surface area contributed by atoms with Gasteiger partial charge in [-0.15, -0.1) is 0 Å². The Bertz CT molecular complexity index is 1010. The lowest BCUT2D eigenvalue weighted by molar-refractivity contribution is -0.385. The van der Waals surface area contributed by atoms with Crippen LogP contribution in [0.1, 0.15) is 29.5 Å². The van der Waals surface area contributed by atoms with Crippen LogP contribution in [0.15, 0.2) is 40.9 Å². The SMILES string of the molecule is COc1cc([N+](=O)[O-])cc2c1N[C@H](c1cc(Br)c(OC)c(OC)c1)[C@H]1CC=C[C@@H]21. The predicted molar refractivity (Wildman–Crippen MR) is 113 cm³/mol. The topological polar surface area (TPSA) is 82.9 Å². The summed E-state index contributed by atoms with van der Waals surface area (Å²) in [5.74, 6) is 2.04. The molecule has 0 bridgehead atoms. The monoisotopic (exact) mass is 460 g/mol. The number of halogens is 1. The number of anilines is 1. The minimum Gasteiger partial charge on any atom is -0.494 e. The molecule has 8 heteroatoms. The molecular formula is C21H21BrN2O5. The van der Waals surface area contributed by atoms with Crippen LogP contribution in [0.5, 0.6) is 17.2 Å². The molecule has 1 N–H and O–H groups in total. The summed E-state index contributed by atoms with van der Waals surface area (Å²) >= 11 is 3.58. The number of rotatable bonds is 5. The highest BCUT2D eigenvalue weighted by molar-refractivity contribution is 9.10. The van der Waals surface area contributed by atoms with E-state index in [2.05, 4.69) is 33.4 Å². The summed E-state index contributed by atoms with van der Waals surface area (Å²) in [6.07, 6.45) is 5.15. The number of hydrogen-bond acceptors (Lipinski definition) is 6. The summed E-state index contributed by atoms with van der Waals surface area (Å²) in [7, 11) is 4.74. The molecular weight excluding hydrogens is 440 g/mol. The van der Waals surface area contributed by atoms with Gasteiger partial charge >= 0.3 is 0 Å². The van der Waals surface area contributed by atoms with E-state index in [1.54, 1.807) is 20.3 Å². The molecule has 2 aromatic rings. The van der Waals surface area contributed by atoms with Gasteiger partial charge in [0.15, 0.2) is 11.5 Å². The number of nitrogens with one attached hydrogen (secondary N) is 1. The highest BCUT2D eigenvalue weighted by Crippen LogP contribution is 2.54. The number of nitro benzene ring substituents is 1. The zero-order chi connectivity index (χ0) is 20.7. The fourth-order valence-electron chi connectivity index (χ4n) is 4.37. The van der Waals surface area contributed by atoms with E-state index < -0.39 is 0 Å². The maximum absolute atomic E-state index is 11.4. The van der Waals surface area contributed by atoms with Crippen LogP contribution in [-0.4, -0.2) is 26.3 Å². The molecule has 2 aromatic carbocycles. The van der Waals surface area contributed by atoms with Crippen molar-refractivity contribution >= 4 is 27.3 Å². The van der Waals surface area contributed by atoms with Crippen LogP contribution in [0, 0.1) is 16.0 Å². The number of non-ortho nitro benzene ring substituents is 1. The first kappa shape index (κ1) is 19.6. The van der Waals surface area contributed by atoms with Gasteiger partial charge in [-0.2, -0.15) is 0 Å². The molecule has 152 valence electrons. The van der Waals surface area contributed by atoms with Crippen LogP contribution in [0.4, 0.5) is 11.4 Å². The summed E-state index contributed by atoms with van der Waals surface area (Å²) in [5.41, 5.74) is 2.76. The molecule has 0 fully saturated rings. The number of fused-ring (bicyclic) bond motifs is 3. The van der Waals surface area contributed by atoms with Crippen LogP contribution in [0.25, 0.3) is 0 Å². The van der Waals surface area contributed by atoms with E-state index in [4.69, 9.17) is 14.2 Å². The first-order valence-electron chi connectivity index (χ1n) is 9.19. The zero-order valence-electron chi connectivity index (χ0n) is 16.3. The molecule has 7 nitrogen and oxygen atoms in total. The van der Waals surface area contributed by atoms with Crippen molar-refractivity contribution in [1.29, 1.82) is 0 Å². The van der Waals surface area contributed by atoms with Crippen molar-refractivity contribution in [2.75, 3.05) is 26.6 Å². The second-order valence-electron chi connectivity index (χ2n) is 7.08. The minimum absolute atomic E-state index is 0.0195. The van der Waals surface area contributed by atoms with E-state index in [9.17, 15) is 10.1 Å². The van der Waals surface area contributed by atoms with E-state index >= 15 is 0 Å². The number of methoxy groups -OCH3 is 3. The Morgan fingerprint density at radius 1 is 1.10 bits per heavy atom. The Morgan fingerprint density at radius 3 is 2.52 bits per heavy atom. The van der Waals surface area contributed by atoms with Crippen molar-refractivity contribution in [3.05, 3.63) is 62.1 Å². The number of allylic oxidation sites excluding steroid dienone is 2. The zero-order valence-corrected chi connectivity index (χ0v) is 17.9. The molecule has 0 amide bonds. The fourth-order valence-corrected chi connectivity index (χ4v) is 4.99. The molecule has 1 aliphatic carbocycles. The van der Waals surface area contributed by atoms with Gasteiger partial charge in [0.2, 0.25) is 0 Å². The number of hydrogen-bond donors (Lipinski definition) is 1. The van der Waals surface area contributed by atoms with Crippen molar-refractivity contribution in [2.45, 2.75) is 18.4 Å². The molecule has 4 rings (SSSR count). The highest BCUT2D eigenvalue weighted by Gasteiger charge is 2.40. The summed E-state index contributed by atoms with van der Waals surface area (Å²) < 4.78 is 17.3. The van der Waals surface area contributed by atoms with Gasteiger partial charge in [0.1, 0.15) is 5.75 Å². The second kappa shape index (κ2) is 7.59. The molecule has 0 unspecified atom stereocenters. The Balaban J connectivity index is 1.84. The number of nitrogens with zero attached hydrogens (tertiary/aromatic N) is 1. The van der Waals surface area contributed by atoms with E-state index in [1.165, 1.54) is 13.2 Å². The first-order chi connectivity index (χ1) is 14.0. The summed E-state index contributed by atoms with van der Waals surface area (Å²) in [5, 5.41) is 15.0. The molecule has 0 saturated carbocycles. The van der Waals surface area contributed by atoms with Crippen molar-refractivity contribution < 1.29 is 19.1 Å². The van der Waals surface area contributed by atoms with Crippen LogP contribution < -0.4 is 19.5 Å². The lowest BCUT2D eigenvalue weighted by Crippen LogP contribution is -2.29. The summed E-state index contributed by atoms with van der Waals surface area (Å²) in [6, 6.07) is 7.09. The van der Waals surface area contributed by atoms with Gasteiger partial charge in [-0.1, -0.05) is 12.2 Å². The van der Waals surface area contributed by atoms with Gasteiger partial charge in [0.25, 0.3) is 5.69 Å².